The highest BCUT2D eigenvalue weighted by atomic mass is 32.1. The third kappa shape index (κ3) is 3.32. The van der Waals surface area contributed by atoms with E-state index in [1.807, 2.05) is 5.38 Å². The van der Waals surface area contributed by atoms with E-state index in [2.05, 4.69) is 15.3 Å². The van der Waals surface area contributed by atoms with Gasteiger partial charge in [0.25, 0.3) is 0 Å². The van der Waals surface area contributed by atoms with Gasteiger partial charge in [0.2, 0.25) is 0 Å². The molecule has 0 amide bonds. The highest BCUT2D eigenvalue weighted by Crippen LogP contribution is 2.24. The van der Waals surface area contributed by atoms with E-state index in [-0.39, 0.29) is 12.4 Å². The Labute approximate surface area is 124 Å². The molecule has 5 nitrogen and oxygen atoms in total. The standard InChI is InChI=1S/C14H13FN4OS/c15-11-3-1-10(2-4-11)14-16-12(9-21-14)5-6-19-7-13(8-20)17-18-19/h1-4,7,9,20H,5-6,8H2. The molecule has 0 atom stereocenters. The molecule has 0 aliphatic rings. The number of aliphatic hydroxyl groups excluding tert-OH is 1. The molecule has 1 N–H and O–H groups in total. The van der Waals surface area contributed by atoms with E-state index < -0.39 is 0 Å². The number of aliphatic hydroxyl groups is 1. The van der Waals surface area contributed by atoms with Crippen molar-refractivity contribution < 1.29 is 9.50 Å². The number of aryl methyl sites for hydroxylation is 2. The molecule has 0 saturated heterocycles. The van der Waals surface area contributed by atoms with Crippen molar-refractivity contribution in [2.24, 2.45) is 0 Å². The highest BCUT2D eigenvalue weighted by Gasteiger charge is 2.06. The molecule has 0 aliphatic carbocycles. The van der Waals surface area contributed by atoms with Gasteiger partial charge in [-0.15, -0.1) is 16.4 Å². The lowest BCUT2D eigenvalue weighted by Gasteiger charge is -1.98. The second-order valence-corrected chi connectivity index (χ2v) is 5.39. The topological polar surface area (TPSA) is 63.8 Å². The summed E-state index contributed by atoms with van der Waals surface area (Å²) in [5.41, 5.74) is 2.43. The van der Waals surface area contributed by atoms with Gasteiger partial charge in [0.05, 0.1) is 18.5 Å². The number of hydrogen-bond donors (Lipinski definition) is 1. The van der Waals surface area contributed by atoms with Crippen molar-refractivity contribution in [3.63, 3.8) is 0 Å². The number of thiazole rings is 1. The lowest BCUT2D eigenvalue weighted by atomic mass is 10.2. The van der Waals surface area contributed by atoms with Gasteiger partial charge in [-0.3, -0.25) is 4.68 Å². The Morgan fingerprint density at radius 2 is 2.00 bits per heavy atom. The minimum absolute atomic E-state index is 0.106. The van der Waals surface area contributed by atoms with E-state index in [1.165, 1.54) is 23.5 Å². The van der Waals surface area contributed by atoms with Crippen LogP contribution < -0.4 is 0 Å². The monoisotopic (exact) mass is 304 g/mol. The number of aromatic nitrogens is 4. The predicted molar refractivity (Wildman–Crippen MR) is 77.2 cm³/mol. The van der Waals surface area contributed by atoms with Crippen molar-refractivity contribution in [2.75, 3.05) is 0 Å². The van der Waals surface area contributed by atoms with Gasteiger partial charge in [-0.05, 0) is 24.3 Å². The van der Waals surface area contributed by atoms with Crippen molar-refractivity contribution in [3.8, 4) is 10.6 Å². The smallest absolute Gasteiger partial charge is 0.123 e. The zero-order valence-corrected chi connectivity index (χ0v) is 11.9. The number of benzene rings is 1. The van der Waals surface area contributed by atoms with Gasteiger partial charge in [0.1, 0.15) is 16.5 Å². The van der Waals surface area contributed by atoms with Gasteiger partial charge in [0, 0.05) is 23.9 Å². The average Bonchev–Trinajstić information content (AvgIpc) is 3.15. The molecule has 0 aliphatic heterocycles. The maximum Gasteiger partial charge on any atom is 0.123 e. The molecule has 7 heteroatoms. The summed E-state index contributed by atoms with van der Waals surface area (Å²) in [5, 5.41) is 19.5. The third-order valence-electron chi connectivity index (χ3n) is 2.99. The van der Waals surface area contributed by atoms with Crippen LogP contribution >= 0.6 is 11.3 Å². The largest absolute Gasteiger partial charge is 0.390 e. The van der Waals surface area contributed by atoms with Crippen molar-refractivity contribution in [1.82, 2.24) is 20.0 Å². The van der Waals surface area contributed by atoms with Gasteiger partial charge in [-0.25, -0.2) is 9.37 Å². The van der Waals surface area contributed by atoms with Crippen molar-refractivity contribution in [2.45, 2.75) is 19.6 Å². The van der Waals surface area contributed by atoms with E-state index in [0.29, 0.717) is 12.2 Å². The molecule has 0 saturated carbocycles. The Morgan fingerprint density at radius 3 is 2.71 bits per heavy atom. The first-order valence-corrected chi connectivity index (χ1v) is 7.33. The molecule has 0 unspecified atom stereocenters. The molecule has 1 aromatic carbocycles. The lowest BCUT2D eigenvalue weighted by Crippen LogP contribution is -2.02. The van der Waals surface area contributed by atoms with E-state index in [1.54, 1.807) is 23.0 Å². The predicted octanol–water partition coefficient (Wildman–Crippen LogP) is 2.28. The first-order chi connectivity index (χ1) is 10.2. The van der Waals surface area contributed by atoms with Crippen LogP contribution in [0, 0.1) is 5.82 Å². The molecular weight excluding hydrogens is 291 g/mol. The summed E-state index contributed by atoms with van der Waals surface area (Å²) >= 11 is 1.53. The zero-order valence-electron chi connectivity index (χ0n) is 11.1. The van der Waals surface area contributed by atoms with Crippen LogP contribution in [-0.4, -0.2) is 25.1 Å². The van der Waals surface area contributed by atoms with Crippen LogP contribution in [0.15, 0.2) is 35.8 Å². The van der Waals surface area contributed by atoms with Gasteiger partial charge >= 0.3 is 0 Å². The van der Waals surface area contributed by atoms with Gasteiger partial charge in [-0.2, -0.15) is 0 Å². The van der Waals surface area contributed by atoms with Gasteiger partial charge < -0.3 is 5.11 Å². The van der Waals surface area contributed by atoms with Gasteiger partial charge in [-0.1, -0.05) is 5.21 Å². The average molecular weight is 304 g/mol. The Balaban J connectivity index is 1.66. The maximum atomic E-state index is 12.9. The zero-order chi connectivity index (χ0) is 14.7. The van der Waals surface area contributed by atoms with Gasteiger partial charge in [0.15, 0.2) is 0 Å². The lowest BCUT2D eigenvalue weighted by molar-refractivity contribution is 0.276. The summed E-state index contributed by atoms with van der Waals surface area (Å²) in [7, 11) is 0. The van der Waals surface area contributed by atoms with Crippen molar-refractivity contribution in [1.29, 1.82) is 0 Å². The van der Waals surface area contributed by atoms with Crippen LogP contribution in [0.3, 0.4) is 0 Å². The SMILES string of the molecule is OCc1cn(CCc2csc(-c3ccc(F)cc3)n2)nn1. The number of hydrogen-bond acceptors (Lipinski definition) is 5. The van der Waals surface area contributed by atoms with Crippen molar-refractivity contribution in [3.05, 3.63) is 53.0 Å². The molecule has 0 bridgehead atoms. The van der Waals surface area contributed by atoms with Crippen molar-refractivity contribution >= 4 is 11.3 Å². The highest BCUT2D eigenvalue weighted by molar-refractivity contribution is 7.13. The first kappa shape index (κ1) is 13.8. The fraction of sp³-hybridized carbons (Fsp3) is 0.214. The van der Waals surface area contributed by atoms with Crippen LogP contribution in [-0.2, 0) is 19.6 Å². The number of halogens is 1. The first-order valence-electron chi connectivity index (χ1n) is 6.45. The van der Waals surface area contributed by atoms with E-state index >= 15 is 0 Å². The summed E-state index contributed by atoms with van der Waals surface area (Å²) in [6, 6.07) is 6.32. The maximum absolute atomic E-state index is 12.9. The van der Waals surface area contributed by atoms with Crippen LogP contribution in [0.2, 0.25) is 0 Å². The summed E-state index contributed by atoms with van der Waals surface area (Å²) in [5.74, 6) is -0.249. The van der Waals surface area contributed by atoms with Crippen LogP contribution in [0.25, 0.3) is 10.6 Å². The molecule has 108 valence electrons. The normalized spacial score (nSPS) is 11.0. The fourth-order valence-corrected chi connectivity index (χ4v) is 2.76. The molecule has 3 rings (SSSR count). The summed E-state index contributed by atoms with van der Waals surface area (Å²) < 4.78 is 14.6. The summed E-state index contributed by atoms with van der Waals surface area (Å²) in [6.07, 6.45) is 2.44. The molecular formula is C14H13FN4OS. The summed E-state index contributed by atoms with van der Waals surface area (Å²) in [4.78, 5) is 4.54. The number of nitrogens with zero attached hydrogens (tertiary/aromatic N) is 4. The minimum Gasteiger partial charge on any atom is -0.390 e. The second-order valence-electron chi connectivity index (χ2n) is 4.53. The molecule has 2 heterocycles. The number of rotatable bonds is 5. The molecule has 0 radical (unpaired) electrons. The van der Waals surface area contributed by atoms with Crippen LogP contribution in [0.4, 0.5) is 4.39 Å². The Hall–Kier alpha value is -2.12. The molecule has 3 aromatic rings. The van der Waals surface area contributed by atoms with E-state index in [9.17, 15) is 4.39 Å². The van der Waals surface area contributed by atoms with E-state index in [4.69, 9.17) is 5.11 Å². The Bertz CT molecular complexity index is 723. The molecule has 21 heavy (non-hydrogen) atoms. The second kappa shape index (κ2) is 6.11. The van der Waals surface area contributed by atoms with Crippen LogP contribution in [0.1, 0.15) is 11.4 Å². The minimum atomic E-state index is -0.249. The quantitative estimate of drug-likeness (QED) is 0.785. The summed E-state index contributed by atoms with van der Waals surface area (Å²) in [6.45, 7) is 0.547. The molecule has 0 spiro atoms. The molecule has 2 aromatic heterocycles. The fourth-order valence-electron chi connectivity index (χ4n) is 1.90. The Morgan fingerprint density at radius 1 is 1.19 bits per heavy atom. The van der Waals surface area contributed by atoms with Crippen LogP contribution in [0.5, 0.6) is 0 Å². The Kier molecular flexibility index (Phi) is 4.03. The van der Waals surface area contributed by atoms with E-state index in [0.717, 1.165) is 22.7 Å². The molecule has 0 fully saturated rings. The third-order valence-corrected chi connectivity index (χ3v) is 3.93.